The zero-order valence-corrected chi connectivity index (χ0v) is 11.7. The normalized spacial score (nSPS) is 16.9. The highest BCUT2D eigenvalue weighted by molar-refractivity contribution is 5.77. The van der Waals surface area contributed by atoms with Gasteiger partial charge in [-0.1, -0.05) is 38.0 Å². The molecule has 2 heteroatoms. The Labute approximate surface area is 115 Å². The molecule has 1 aromatic carbocycles. The first-order valence-corrected chi connectivity index (χ1v) is 7.58. The van der Waals surface area contributed by atoms with E-state index in [1.165, 1.54) is 37.5 Å². The number of hydrogen-bond donors (Lipinski definition) is 1. The molecule has 0 amide bonds. The second kappa shape index (κ2) is 5.79. The van der Waals surface area contributed by atoms with Crippen molar-refractivity contribution in [1.29, 1.82) is 0 Å². The maximum absolute atomic E-state index is 6.02. The largest absolute Gasteiger partial charge is 0.459 e. The van der Waals surface area contributed by atoms with Crippen LogP contribution >= 0.6 is 0 Å². The smallest absolute Gasteiger partial charge is 0.134 e. The van der Waals surface area contributed by atoms with E-state index in [1.807, 2.05) is 6.07 Å². The molecule has 2 nitrogen and oxygen atoms in total. The van der Waals surface area contributed by atoms with Crippen LogP contribution in [0.1, 0.15) is 50.8 Å². The fourth-order valence-corrected chi connectivity index (χ4v) is 2.65. The third kappa shape index (κ3) is 3.19. The summed E-state index contributed by atoms with van der Waals surface area (Å²) >= 11 is 0. The van der Waals surface area contributed by atoms with Crippen LogP contribution in [0.15, 0.2) is 34.7 Å². The first-order chi connectivity index (χ1) is 9.36. The van der Waals surface area contributed by atoms with E-state index in [-0.39, 0.29) is 0 Å². The lowest BCUT2D eigenvalue weighted by molar-refractivity contribution is 0.396. The van der Waals surface area contributed by atoms with Gasteiger partial charge in [-0.2, -0.15) is 0 Å². The van der Waals surface area contributed by atoms with Gasteiger partial charge in [0.15, 0.2) is 0 Å². The molecule has 0 bridgehead atoms. The van der Waals surface area contributed by atoms with Gasteiger partial charge >= 0.3 is 0 Å². The highest BCUT2D eigenvalue weighted by atomic mass is 16.3. The van der Waals surface area contributed by atoms with Gasteiger partial charge in [0.05, 0.1) is 6.04 Å². The molecule has 1 heterocycles. The monoisotopic (exact) mass is 257 g/mol. The molecule has 0 spiro atoms. The van der Waals surface area contributed by atoms with Crippen LogP contribution < -0.4 is 5.32 Å². The first kappa shape index (κ1) is 12.7. The molecule has 1 unspecified atom stereocenters. The van der Waals surface area contributed by atoms with E-state index in [9.17, 15) is 0 Å². The van der Waals surface area contributed by atoms with Crippen molar-refractivity contribution in [2.24, 2.45) is 5.92 Å². The maximum atomic E-state index is 6.02. The standard InChI is InChI=1S/C17H23NO/c1-2-11-18-15(10-9-13-7-8-13)17-12-14-5-3-4-6-16(14)19-17/h3-6,12-13,15,18H,2,7-11H2,1H3. The summed E-state index contributed by atoms with van der Waals surface area (Å²) in [5.41, 5.74) is 1.01. The molecule has 3 rings (SSSR count). The summed E-state index contributed by atoms with van der Waals surface area (Å²) in [4.78, 5) is 0. The van der Waals surface area contributed by atoms with E-state index in [0.29, 0.717) is 6.04 Å². The number of nitrogens with one attached hydrogen (secondary N) is 1. The van der Waals surface area contributed by atoms with Gasteiger partial charge in [0, 0.05) is 5.39 Å². The summed E-state index contributed by atoms with van der Waals surface area (Å²) in [5.74, 6) is 2.09. The predicted molar refractivity (Wildman–Crippen MR) is 79.2 cm³/mol. The van der Waals surface area contributed by atoms with E-state index in [1.54, 1.807) is 0 Å². The fraction of sp³-hybridized carbons (Fsp3) is 0.529. The molecular weight excluding hydrogens is 234 g/mol. The summed E-state index contributed by atoms with van der Waals surface area (Å²) in [7, 11) is 0. The first-order valence-electron chi connectivity index (χ1n) is 7.58. The van der Waals surface area contributed by atoms with Crippen molar-refractivity contribution in [3.8, 4) is 0 Å². The number of furan rings is 1. The van der Waals surface area contributed by atoms with Crippen LogP contribution in [0.4, 0.5) is 0 Å². The van der Waals surface area contributed by atoms with Gasteiger partial charge in [-0.05, 0) is 43.9 Å². The van der Waals surface area contributed by atoms with Crippen molar-refractivity contribution in [2.75, 3.05) is 6.54 Å². The highest BCUT2D eigenvalue weighted by Crippen LogP contribution is 2.36. The van der Waals surface area contributed by atoms with E-state index in [2.05, 4.69) is 36.5 Å². The zero-order chi connectivity index (χ0) is 13.1. The van der Waals surface area contributed by atoms with Crippen molar-refractivity contribution >= 4 is 11.0 Å². The molecule has 1 aliphatic rings. The van der Waals surface area contributed by atoms with Crippen LogP contribution in [-0.2, 0) is 0 Å². The fourth-order valence-electron chi connectivity index (χ4n) is 2.65. The van der Waals surface area contributed by atoms with Gasteiger partial charge in [0.2, 0.25) is 0 Å². The maximum Gasteiger partial charge on any atom is 0.134 e. The van der Waals surface area contributed by atoms with Crippen LogP contribution in [0.25, 0.3) is 11.0 Å². The Hall–Kier alpha value is -1.28. The minimum atomic E-state index is 0.382. The molecule has 1 aliphatic carbocycles. The van der Waals surface area contributed by atoms with E-state index in [0.717, 1.165) is 23.8 Å². The lowest BCUT2D eigenvalue weighted by Gasteiger charge is -2.15. The van der Waals surface area contributed by atoms with Crippen molar-refractivity contribution in [3.05, 3.63) is 36.1 Å². The van der Waals surface area contributed by atoms with Crippen LogP contribution in [0.2, 0.25) is 0 Å². The molecule has 1 N–H and O–H groups in total. The number of para-hydroxylation sites is 1. The van der Waals surface area contributed by atoms with Crippen LogP contribution in [0, 0.1) is 5.92 Å². The molecular formula is C17H23NO. The Kier molecular flexibility index (Phi) is 3.88. The molecule has 1 fully saturated rings. The van der Waals surface area contributed by atoms with Crippen LogP contribution in [0.5, 0.6) is 0 Å². The summed E-state index contributed by atoms with van der Waals surface area (Å²) in [5, 5.41) is 4.85. The number of fused-ring (bicyclic) bond motifs is 1. The number of hydrogen-bond acceptors (Lipinski definition) is 2. The Morgan fingerprint density at radius 3 is 2.89 bits per heavy atom. The molecule has 1 saturated carbocycles. The molecule has 0 saturated heterocycles. The number of rotatable bonds is 7. The Morgan fingerprint density at radius 2 is 2.16 bits per heavy atom. The second-order valence-electron chi connectivity index (χ2n) is 5.71. The van der Waals surface area contributed by atoms with E-state index in [4.69, 9.17) is 4.42 Å². The third-order valence-electron chi connectivity index (χ3n) is 3.99. The highest BCUT2D eigenvalue weighted by Gasteiger charge is 2.24. The van der Waals surface area contributed by atoms with E-state index < -0.39 is 0 Å². The van der Waals surface area contributed by atoms with Crippen molar-refractivity contribution in [1.82, 2.24) is 5.32 Å². The third-order valence-corrected chi connectivity index (χ3v) is 3.99. The van der Waals surface area contributed by atoms with Gasteiger partial charge < -0.3 is 9.73 Å². The molecule has 1 atom stereocenters. The van der Waals surface area contributed by atoms with Crippen LogP contribution in [0.3, 0.4) is 0 Å². The molecule has 0 radical (unpaired) electrons. The summed E-state index contributed by atoms with van der Waals surface area (Å²) < 4.78 is 6.02. The molecule has 0 aliphatic heterocycles. The lowest BCUT2D eigenvalue weighted by Crippen LogP contribution is -2.21. The summed E-state index contributed by atoms with van der Waals surface area (Å²) in [6, 6.07) is 10.9. The SMILES string of the molecule is CCCNC(CCC1CC1)c1cc2ccccc2o1. The van der Waals surface area contributed by atoms with Gasteiger partial charge in [-0.3, -0.25) is 0 Å². The minimum Gasteiger partial charge on any atom is -0.459 e. The number of benzene rings is 1. The van der Waals surface area contributed by atoms with Gasteiger partial charge in [0.25, 0.3) is 0 Å². The second-order valence-corrected chi connectivity index (χ2v) is 5.71. The van der Waals surface area contributed by atoms with Crippen LogP contribution in [-0.4, -0.2) is 6.54 Å². The molecule has 1 aromatic heterocycles. The Morgan fingerprint density at radius 1 is 1.32 bits per heavy atom. The Balaban J connectivity index is 1.75. The predicted octanol–water partition coefficient (Wildman–Crippen LogP) is 4.66. The van der Waals surface area contributed by atoms with Gasteiger partial charge in [0.1, 0.15) is 11.3 Å². The van der Waals surface area contributed by atoms with Gasteiger partial charge in [-0.15, -0.1) is 0 Å². The molecule has 2 aromatic rings. The average molecular weight is 257 g/mol. The quantitative estimate of drug-likeness (QED) is 0.780. The van der Waals surface area contributed by atoms with Crippen molar-refractivity contribution < 1.29 is 4.42 Å². The molecule has 19 heavy (non-hydrogen) atoms. The lowest BCUT2D eigenvalue weighted by atomic mass is 10.1. The Bertz CT molecular complexity index is 494. The van der Waals surface area contributed by atoms with E-state index >= 15 is 0 Å². The minimum absolute atomic E-state index is 0.382. The zero-order valence-electron chi connectivity index (χ0n) is 11.7. The summed E-state index contributed by atoms with van der Waals surface area (Å²) in [6.07, 6.45) is 6.56. The van der Waals surface area contributed by atoms with Crippen molar-refractivity contribution in [2.45, 2.75) is 45.1 Å². The molecule has 102 valence electrons. The van der Waals surface area contributed by atoms with Crippen molar-refractivity contribution in [3.63, 3.8) is 0 Å². The summed E-state index contributed by atoms with van der Waals surface area (Å²) in [6.45, 7) is 3.27. The average Bonchev–Trinajstić information content (AvgIpc) is 3.16. The van der Waals surface area contributed by atoms with Gasteiger partial charge in [-0.25, -0.2) is 0 Å². The topological polar surface area (TPSA) is 25.2 Å².